The van der Waals surface area contributed by atoms with Gasteiger partial charge < -0.3 is 10.6 Å². The van der Waals surface area contributed by atoms with Gasteiger partial charge in [0.15, 0.2) is 5.96 Å². The molecule has 0 saturated heterocycles. The summed E-state index contributed by atoms with van der Waals surface area (Å²) in [6, 6.07) is 0.442. The maximum atomic E-state index is 4.41. The summed E-state index contributed by atoms with van der Waals surface area (Å²) in [6.45, 7) is 9.66. The molecule has 4 nitrogen and oxygen atoms in total. The second kappa shape index (κ2) is 12.1. The number of halogens is 1. The maximum Gasteiger partial charge on any atom is 0.191 e. The Kier molecular flexibility index (Phi) is 11.9. The molecule has 1 rings (SSSR count). The molecule has 0 aliphatic heterocycles. The zero-order chi connectivity index (χ0) is 15.7. The van der Waals surface area contributed by atoms with E-state index in [1.807, 2.05) is 13.2 Å². The van der Waals surface area contributed by atoms with Crippen molar-refractivity contribution in [2.24, 2.45) is 10.9 Å². The molecule has 22 heavy (non-hydrogen) atoms. The van der Waals surface area contributed by atoms with Crippen LogP contribution < -0.4 is 10.6 Å². The van der Waals surface area contributed by atoms with Crippen LogP contribution in [0.2, 0.25) is 0 Å². The third-order valence-electron chi connectivity index (χ3n) is 3.38. The molecule has 0 radical (unpaired) electrons. The number of hydrogen-bond donors (Lipinski definition) is 2. The third-order valence-corrected chi connectivity index (χ3v) is 4.52. The minimum Gasteiger partial charge on any atom is -0.354 e. The van der Waals surface area contributed by atoms with E-state index in [9.17, 15) is 0 Å². The van der Waals surface area contributed by atoms with Crippen molar-refractivity contribution in [1.29, 1.82) is 0 Å². The average molecular weight is 438 g/mol. The van der Waals surface area contributed by atoms with Crippen molar-refractivity contribution >= 4 is 41.3 Å². The summed E-state index contributed by atoms with van der Waals surface area (Å²) in [4.78, 5) is 10.0. The summed E-state index contributed by atoms with van der Waals surface area (Å²) < 4.78 is 0. The van der Waals surface area contributed by atoms with Crippen LogP contribution in [0.5, 0.6) is 0 Å². The van der Waals surface area contributed by atoms with Crippen LogP contribution in [0.15, 0.2) is 11.2 Å². The lowest BCUT2D eigenvalue weighted by molar-refractivity contribution is 0.491. The fourth-order valence-corrected chi connectivity index (χ4v) is 2.89. The standard InChI is InChI=1S/C16H30N4S.HI/c1-6-14-10-18-15(21-14)11-19-16(17-5)20-13(4)9-7-8-12(2)3;/h10,12-13H,6-9,11H2,1-5H3,(H2,17,19,20);1H. The minimum absolute atomic E-state index is 0. The highest BCUT2D eigenvalue weighted by Crippen LogP contribution is 2.12. The highest BCUT2D eigenvalue weighted by atomic mass is 127. The van der Waals surface area contributed by atoms with E-state index in [0.29, 0.717) is 6.04 Å². The van der Waals surface area contributed by atoms with Gasteiger partial charge in [-0.25, -0.2) is 4.98 Å². The molecule has 0 aliphatic rings. The van der Waals surface area contributed by atoms with Gasteiger partial charge in [0.2, 0.25) is 0 Å². The van der Waals surface area contributed by atoms with E-state index in [2.05, 4.69) is 48.3 Å². The van der Waals surface area contributed by atoms with Crippen LogP contribution in [-0.2, 0) is 13.0 Å². The van der Waals surface area contributed by atoms with E-state index >= 15 is 0 Å². The van der Waals surface area contributed by atoms with Gasteiger partial charge in [0, 0.05) is 24.2 Å². The number of guanidine groups is 1. The van der Waals surface area contributed by atoms with Crippen molar-refractivity contribution in [3.05, 3.63) is 16.1 Å². The minimum atomic E-state index is 0. The van der Waals surface area contributed by atoms with Crippen LogP contribution in [0.1, 0.15) is 56.8 Å². The molecule has 0 aliphatic carbocycles. The van der Waals surface area contributed by atoms with Gasteiger partial charge in [-0.1, -0.05) is 33.6 Å². The number of rotatable bonds is 8. The van der Waals surface area contributed by atoms with Gasteiger partial charge >= 0.3 is 0 Å². The van der Waals surface area contributed by atoms with Crippen molar-refractivity contribution in [2.75, 3.05) is 7.05 Å². The summed E-state index contributed by atoms with van der Waals surface area (Å²) in [5.41, 5.74) is 0. The summed E-state index contributed by atoms with van der Waals surface area (Å²) in [6.07, 6.45) is 6.74. The lowest BCUT2D eigenvalue weighted by atomic mass is 10.0. The third kappa shape index (κ3) is 8.92. The Labute approximate surface area is 156 Å². The first-order valence-electron chi connectivity index (χ1n) is 7.95. The second-order valence-electron chi connectivity index (χ2n) is 5.87. The molecular formula is C16H31IN4S. The summed E-state index contributed by atoms with van der Waals surface area (Å²) in [7, 11) is 1.81. The molecule has 1 aromatic rings. The predicted octanol–water partition coefficient (Wildman–Crippen LogP) is 4.20. The normalized spacial score (nSPS) is 12.9. The van der Waals surface area contributed by atoms with E-state index in [4.69, 9.17) is 0 Å². The fourth-order valence-electron chi connectivity index (χ4n) is 2.09. The van der Waals surface area contributed by atoms with Gasteiger partial charge in [-0.3, -0.25) is 4.99 Å². The largest absolute Gasteiger partial charge is 0.354 e. The lowest BCUT2D eigenvalue weighted by Gasteiger charge is -2.17. The van der Waals surface area contributed by atoms with E-state index in [0.717, 1.165) is 29.9 Å². The van der Waals surface area contributed by atoms with Crippen LogP contribution in [0.25, 0.3) is 0 Å². The molecule has 0 fully saturated rings. The first kappa shape index (κ1) is 21.6. The van der Waals surface area contributed by atoms with Gasteiger partial charge in [0.1, 0.15) is 5.01 Å². The first-order chi connectivity index (χ1) is 10.0. The number of nitrogens with one attached hydrogen (secondary N) is 2. The number of thiazole rings is 1. The smallest absolute Gasteiger partial charge is 0.191 e. The van der Waals surface area contributed by atoms with Crippen molar-refractivity contribution in [2.45, 2.75) is 66.0 Å². The lowest BCUT2D eigenvalue weighted by Crippen LogP contribution is -2.41. The Morgan fingerprint density at radius 3 is 2.59 bits per heavy atom. The van der Waals surface area contributed by atoms with Crippen LogP contribution >= 0.6 is 35.3 Å². The van der Waals surface area contributed by atoms with E-state index in [-0.39, 0.29) is 24.0 Å². The van der Waals surface area contributed by atoms with E-state index in [1.165, 1.54) is 24.1 Å². The molecule has 0 saturated carbocycles. The summed E-state index contributed by atoms with van der Waals surface area (Å²) in [5.74, 6) is 1.65. The number of aromatic nitrogens is 1. The molecular weight excluding hydrogens is 407 g/mol. The molecule has 1 atom stereocenters. The van der Waals surface area contributed by atoms with Crippen LogP contribution in [0, 0.1) is 5.92 Å². The average Bonchev–Trinajstić information content (AvgIpc) is 2.91. The molecule has 0 amide bonds. The second-order valence-corrected chi connectivity index (χ2v) is 7.07. The number of nitrogens with zero attached hydrogens (tertiary/aromatic N) is 2. The molecule has 1 aromatic heterocycles. The van der Waals surface area contributed by atoms with Crippen molar-refractivity contribution in [3.63, 3.8) is 0 Å². The van der Waals surface area contributed by atoms with Gasteiger partial charge in [0.05, 0.1) is 6.54 Å². The van der Waals surface area contributed by atoms with Crippen molar-refractivity contribution < 1.29 is 0 Å². The molecule has 6 heteroatoms. The zero-order valence-electron chi connectivity index (χ0n) is 14.5. The fraction of sp³-hybridized carbons (Fsp3) is 0.750. The van der Waals surface area contributed by atoms with Gasteiger partial charge in [-0.05, 0) is 25.7 Å². The summed E-state index contributed by atoms with van der Waals surface area (Å²) in [5, 5.41) is 7.90. The zero-order valence-corrected chi connectivity index (χ0v) is 17.6. The Balaban J connectivity index is 0.00000441. The monoisotopic (exact) mass is 438 g/mol. The molecule has 128 valence electrons. The quantitative estimate of drug-likeness (QED) is 0.363. The highest BCUT2D eigenvalue weighted by Gasteiger charge is 2.07. The van der Waals surface area contributed by atoms with E-state index < -0.39 is 0 Å². The highest BCUT2D eigenvalue weighted by molar-refractivity contribution is 14.0. The van der Waals surface area contributed by atoms with Crippen molar-refractivity contribution in [3.8, 4) is 0 Å². The molecule has 2 N–H and O–H groups in total. The topological polar surface area (TPSA) is 49.3 Å². The SMILES string of the molecule is CCc1cnc(CNC(=NC)NC(C)CCCC(C)C)s1.I. The van der Waals surface area contributed by atoms with Crippen molar-refractivity contribution in [1.82, 2.24) is 15.6 Å². The Morgan fingerprint density at radius 1 is 1.32 bits per heavy atom. The van der Waals surface area contributed by atoms with Gasteiger partial charge in [0.25, 0.3) is 0 Å². The van der Waals surface area contributed by atoms with Crippen LogP contribution in [0.4, 0.5) is 0 Å². The van der Waals surface area contributed by atoms with Gasteiger partial charge in [-0.2, -0.15) is 0 Å². The molecule has 0 aromatic carbocycles. The molecule has 1 unspecified atom stereocenters. The predicted molar refractivity (Wildman–Crippen MR) is 108 cm³/mol. The maximum absolute atomic E-state index is 4.41. The van der Waals surface area contributed by atoms with Crippen LogP contribution in [0.3, 0.4) is 0 Å². The molecule has 1 heterocycles. The summed E-state index contributed by atoms with van der Waals surface area (Å²) >= 11 is 1.76. The molecule has 0 bridgehead atoms. The Bertz CT molecular complexity index is 432. The van der Waals surface area contributed by atoms with Gasteiger partial charge in [-0.15, -0.1) is 35.3 Å². The Morgan fingerprint density at radius 2 is 2.05 bits per heavy atom. The number of aryl methyl sites for hydroxylation is 1. The Hall–Kier alpha value is -0.370. The van der Waals surface area contributed by atoms with E-state index in [1.54, 1.807) is 11.3 Å². The molecule has 0 spiro atoms. The van der Waals surface area contributed by atoms with Crippen LogP contribution in [-0.4, -0.2) is 24.0 Å². The number of aliphatic imine (C=N–C) groups is 1. The number of hydrogen-bond acceptors (Lipinski definition) is 3. The first-order valence-corrected chi connectivity index (χ1v) is 8.77.